The van der Waals surface area contributed by atoms with Crippen LogP contribution in [-0.2, 0) is 11.2 Å². The van der Waals surface area contributed by atoms with E-state index in [1.54, 1.807) is 18.2 Å². The number of hydrogen-bond acceptors (Lipinski definition) is 4. The molecule has 0 radical (unpaired) electrons. The van der Waals surface area contributed by atoms with E-state index < -0.39 is 22.8 Å². The lowest BCUT2D eigenvalue weighted by atomic mass is 10.0. The maximum Gasteiger partial charge on any atom is 0.272 e. The smallest absolute Gasteiger partial charge is 0.272 e. The van der Waals surface area contributed by atoms with Crippen LogP contribution in [0.3, 0.4) is 0 Å². The van der Waals surface area contributed by atoms with E-state index in [2.05, 4.69) is 5.32 Å². The third kappa shape index (κ3) is 4.09. The van der Waals surface area contributed by atoms with Crippen LogP contribution in [0.5, 0.6) is 0 Å². The third-order valence-corrected chi connectivity index (χ3v) is 4.27. The Morgan fingerprint density at radius 1 is 1.00 bits per heavy atom. The molecule has 0 saturated carbocycles. The fraction of sp³-hybridized carbons (Fsp3) is 0.100. The molecule has 3 rings (SSSR count). The fourth-order valence-electron chi connectivity index (χ4n) is 2.88. The first-order chi connectivity index (χ1) is 13.0. The Morgan fingerprint density at radius 2 is 1.67 bits per heavy atom. The summed E-state index contributed by atoms with van der Waals surface area (Å²) in [5.74, 6) is -1.23. The topological polar surface area (TPSA) is 115 Å². The molecule has 3 aromatic rings. The van der Waals surface area contributed by atoms with Crippen molar-refractivity contribution in [1.29, 1.82) is 0 Å². The predicted molar refractivity (Wildman–Crippen MR) is 101 cm³/mol. The molecule has 0 aliphatic rings. The van der Waals surface area contributed by atoms with E-state index >= 15 is 0 Å². The number of carbonyl (C=O) groups is 2. The summed E-state index contributed by atoms with van der Waals surface area (Å²) < 4.78 is 0. The van der Waals surface area contributed by atoms with E-state index in [1.165, 1.54) is 18.2 Å². The molecule has 0 bridgehead atoms. The molecule has 0 aliphatic carbocycles. The van der Waals surface area contributed by atoms with Crippen LogP contribution in [0.1, 0.15) is 15.9 Å². The molecule has 7 heteroatoms. The van der Waals surface area contributed by atoms with E-state index in [0.29, 0.717) is 11.1 Å². The highest BCUT2D eigenvalue weighted by atomic mass is 16.6. The Bertz CT molecular complexity index is 1030. The van der Waals surface area contributed by atoms with E-state index in [9.17, 15) is 19.7 Å². The number of rotatable bonds is 6. The molecule has 136 valence electrons. The molecule has 0 aliphatic heterocycles. The summed E-state index contributed by atoms with van der Waals surface area (Å²) in [4.78, 5) is 35.0. The van der Waals surface area contributed by atoms with Crippen LogP contribution in [0.2, 0.25) is 0 Å². The van der Waals surface area contributed by atoms with Gasteiger partial charge in [-0.3, -0.25) is 19.7 Å². The number of benzene rings is 3. The van der Waals surface area contributed by atoms with Gasteiger partial charge in [0.15, 0.2) is 0 Å². The number of nitrogens with zero attached hydrogens (tertiary/aromatic N) is 1. The maximum atomic E-state index is 12.6. The Balaban J connectivity index is 1.82. The third-order valence-electron chi connectivity index (χ3n) is 4.27. The summed E-state index contributed by atoms with van der Waals surface area (Å²) in [6.45, 7) is 0. The van der Waals surface area contributed by atoms with Gasteiger partial charge in [-0.2, -0.15) is 0 Å². The average Bonchev–Trinajstić information content (AvgIpc) is 2.67. The molecule has 27 heavy (non-hydrogen) atoms. The Kier molecular flexibility index (Phi) is 5.12. The zero-order valence-corrected chi connectivity index (χ0v) is 14.3. The Labute approximate surface area is 154 Å². The number of para-hydroxylation sites is 1. The zero-order chi connectivity index (χ0) is 19.4. The molecule has 0 fully saturated rings. The largest absolute Gasteiger partial charge is 0.368 e. The van der Waals surface area contributed by atoms with Gasteiger partial charge in [0.05, 0.1) is 4.92 Å². The van der Waals surface area contributed by atoms with Gasteiger partial charge in [0.2, 0.25) is 5.91 Å². The van der Waals surface area contributed by atoms with Crippen LogP contribution >= 0.6 is 0 Å². The van der Waals surface area contributed by atoms with Crippen LogP contribution in [0.15, 0.2) is 66.7 Å². The molecule has 0 spiro atoms. The Hall–Kier alpha value is -3.74. The van der Waals surface area contributed by atoms with Crippen molar-refractivity contribution in [3.8, 4) is 0 Å². The molecule has 3 aromatic carbocycles. The number of nitrogens with two attached hydrogens (primary N) is 1. The number of fused-ring (bicyclic) bond motifs is 1. The van der Waals surface area contributed by atoms with Gasteiger partial charge >= 0.3 is 0 Å². The molecule has 0 heterocycles. The second-order valence-electron chi connectivity index (χ2n) is 6.08. The monoisotopic (exact) mass is 363 g/mol. The van der Waals surface area contributed by atoms with E-state index in [0.717, 1.165) is 10.8 Å². The molecule has 0 aromatic heterocycles. The fourth-order valence-corrected chi connectivity index (χ4v) is 2.88. The van der Waals surface area contributed by atoms with Gasteiger partial charge in [0, 0.05) is 23.6 Å². The molecule has 0 unspecified atom stereocenters. The number of nitro groups is 1. The van der Waals surface area contributed by atoms with Crippen LogP contribution in [0, 0.1) is 10.1 Å². The number of hydrogen-bond donors (Lipinski definition) is 2. The van der Waals surface area contributed by atoms with Crippen LogP contribution < -0.4 is 11.1 Å². The lowest BCUT2D eigenvalue weighted by molar-refractivity contribution is -0.385. The quantitative estimate of drug-likeness (QED) is 0.517. The van der Waals surface area contributed by atoms with Gasteiger partial charge in [-0.05, 0) is 22.9 Å². The molecule has 0 saturated heterocycles. The van der Waals surface area contributed by atoms with Crippen LogP contribution in [0.4, 0.5) is 5.69 Å². The van der Waals surface area contributed by atoms with Crippen molar-refractivity contribution in [1.82, 2.24) is 5.32 Å². The second-order valence-corrected chi connectivity index (χ2v) is 6.08. The highest BCUT2D eigenvalue weighted by molar-refractivity contribution is 6.00. The molecule has 1 atom stereocenters. The van der Waals surface area contributed by atoms with Crippen LogP contribution in [0.25, 0.3) is 10.8 Å². The number of nitro benzene ring substituents is 1. The van der Waals surface area contributed by atoms with E-state index in [4.69, 9.17) is 5.73 Å². The summed E-state index contributed by atoms with van der Waals surface area (Å²) in [7, 11) is 0. The van der Waals surface area contributed by atoms with Crippen molar-refractivity contribution in [2.45, 2.75) is 12.5 Å². The van der Waals surface area contributed by atoms with Gasteiger partial charge in [-0.15, -0.1) is 0 Å². The lowest BCUT2D eigenvalue weighted by Crippen LogP contribution is -2.45. The summed E-state index contributed by atoms with van der Waals surface area (Å²) >= 11 is 0. The van der Waals surface area contributed by atoms with Gasteiger partial charge in [0.25, 0.3) is 11.6 Å². The minimum Gasteiger partial charge on any atom is -0.368 e. The van der Waals surface area contributed by atoms with Gasteiger partial charge in [-0.1, -0.05) is 48.5 Å². The molecule has 2 amide bonds. The normalized spacial score (nSPS) is 11.7. The summed E-state index contributed by atoms with van der Waals surface area (Å²) in [6, 6.07) is 17.7. The number of nitrogens with one attached hydrogen (secondary N) is 1. The molecular formula is C20H17N3O4. The SMILES string of the molecule is NC(=O)[C@@H](Cc1ccccc1[N+](=O)[O-])NC(=O)c1ccc2ccccc2c1. The summed E-state index contributed by atoms with van der Waals surface area (Å²) in [5.41, 5.74) is 5.98. The minimum absolute atomic E-state index is 0.0637. The molecule has 3 N–H and O–H groups in total. The number of amides is 2. The maximum absolute atomic E-state index is 12.6. The van der Waals surface area contributed by atoms with Crippen molar-refractivity contribution in [2.75, 3.05) is 0 Å². The first-order valence-corrected chi connectivity index (χ1v) is 8.27. The van der Waals surface area contributed by atoms with Crippen molar-refractivity contribution in [3.05, 3.63) is 88.0 Å². The van der Waals surface area contributed by atoms with Crippen molar-refractivity contribution < 1.29 is 14.5 Å². The summed E-state index contributed by atoms with van der Waals surface area (Å²) in [6.07, 6.45) is -0.0637. The van der Waals surface area contributed by atoms with Crippen molar-refractivity contribution in [2.24, 2.45) is 5.73 Å². The standard InChI is InChI=1S/C20H17N3O4/c21-19(24)17(12-15-7-3-4-8-18(15)23(26)27)22-20(25)16-10-9-13-5-1-2-6-14(13)11-16/h1-11,17H,12H2,(H2,21,24)(H,22,25)/t17-/m1/s1. The average molecular weight is 363 g/mol. The van der Waals surface area contributed by atoms with Gasteiger partial charge in [0.1, 0.15) is 6.04 Å². The van der Waals surface area contributed by atoms with Crippen LogP contribution in [-0.4, -0.2) is 22.8 Å². The van der Waals surface area contributed by atoms with E-state index in [-0.39, 0.29) is 12.1 Å². The molecule has 7 nitrogen and oxygen atoms in total. The summed E-state index contributed by atoms with van der Waals surface area (Å²) in [5, 5.41) is 15.6. The highest BCUT2D eigenvalue weighted by Gasteiger charge is 2.23. The Morgan fingerprint density at radius 3 is 2.37 bits per heavy atom. The zero-order valence-electron chi connectivity index (χ0n) is 14.3. The second kappa shape index (κ2) is 7.65. The van der Waals surface area contributed by atoms with Gasteiger partial charge in [-0.25, -0.2) is 0 Å². The molecular weight excluding hydrogens is 346 g/mol. The first-order valence-electron chi connectivity index (χ1n) is 8.27. The number of primary amides is 1. The predicted octanol–water partition coefficient (Wildman–Crippen LogP) is 2.57. The van der Waals surface area contributed by atoms with Crippen molar-refractivity contribution >= 4 is 28.3 Å². The number of carbonyl (C=O) groups excluding carboxylic acids is 2. The van der Waals surface area contributed by atoms with Gasteiger partial charge < -0.3 is 11.1 Å². The van der Waals surface area contributed by atoms with Crippen molar-refractivity contribution in [3.63, 3.8) is 0 Å². The minimum atomic E-state index is -1.06. The highest BCUT2D eigenvalue weighted by Crippen LogP contribution is 2.20. The van der Waals surface area contributed by atoms with E-state index in [1.807, 2.05) is 30.3 Å². The lowest BCUT2D eigenvalue weighted by Gasteiger charge is -2.16. The first kappa shape index (κ1) is 18.1.